The molecule has 0 fully saturated rings. The second-order valence-corrected chi connectivity index (χ2v) is 4.45. The summed E-state index contributed by atoms with van der Waals surface area (Å²) >= 11 is 0. The van der Waals surface area contributed by atoms with Crippen molar-refractivity contribution in [2.75, 3.05) is 27.2 Å². The Morgan fingerprint density at radius 3 is 2.89 bits per heavy atom. The second kappa shape index (κ2) is 5.31. The molecular formula is C14H16FNO2. The van der Waals surface area contributed by atoms with Crippen LogP contribution in [0.2, 0.25) is 0 Å². The van der Waals surface area contributed by atoms with Gasteiger partial charge < -0.3 is 9.64 Å². The van der Waals surface area contributed by atoms with Gasteiger partial charge in [-0.05, 0) is 36.7 Å². The van der Waals surface area contributed by atoms with Gasteiger partial charge in [0.25, 0.3) is 0 Å². The molecule has 0 unspecified atom stereocenters. The van der Waals surface area contributed by atoms with Crippen molar-refractivity contribution < 1.29 is 13.9 Å². The number of carbonyl (C=O) groups excluding carboxylic acids is 1. The van der Waals surface area contributed by atoms with E-state index in [-0.39, 0.29) is 11.8 Å². The Morgan fingerprint density at radius 1 is 1.44 bits per heavy atom. The number of benzene rings is 1. The predicted octanol–water partition coefficient (Wildman–Crippen LogP) is 2.09. The zero-order chi connectivity index (χ0) is 13.1. The summed E-state index contributed by atoms with van der Waals surface area (Å²) in [5, 5.41) is 0. The van der Waals surface area contributed by atoms with Crippen LogP contribution < -0.4 is 0 Å². The van der Waals surface area contributed by atoms with Crippen LogP contribution in [0.1, 0.15) is 12.0 Å². The molecule has 0 N–H and O–H groups in total. The molecule has 1 aliphatic heterocycles. The van der Waals surface area contributed by atoms with Crippen LogP contribution >= 0.6 is 0 Å². The van der Waals surface area contributed by atoms with Crippen molar-refractivity contribution in [1.29, 1.82) is 0 Å². The van der Waals surface area contributed by atoms with E-state index in [0.717, 1.165) is 24.1 Å². The Hall–Kier alpha value is -1.68. The van der Waals surface area contributed by atoms with Gasteiger partial charge in [0.2, 0.25) is 0 Å². The van der Waals surface area contributed by atoms with Crippen LogP contribution in [0.5, 0.6) is 0 Å². The van der Waals surface area contributed by atoms with Gasteiger partial charge in [-0.25, -0.2) is 9.18 Å². The molecule has 1 aromatic rings. The molecule has 0 saturated carbocycles. The molecule has 0 saturated heterocycles. The van der Waals surface area contributed by atoms with Crippen LogP contribution in [0.3, 0.4) is 0 Å². The van der Waals surface area contributed by atoms with E-state index >= 15 is 0 Å². The van der Waals surface area contributed by atoms with Crippen LogP contribution in [0.4, 0.5) is 4.39 Å². The van der Waals surface area contributed by atoms with Crippen LogP contribution in [0.25, 0.3) is 5.57 Å². The van der Waals surface area contributed by atoms with E-state index in [1.165, 1.54) is 19.2 Å². The number of ether oxygens (including phenoxy) is 1. The molecule has 0 atom stereocenters. The van der Waals surface area contributed by atoms with Crippen molar-refractivity contribution in [2.24, 2.45) is 0 Å². The lowest BCUT2D eigenvalue weighted by molar-refractivity contribution is -0.136. The monoisotopic (exact) mass is 249 g/mol. The van der Waals surface area contributed by atoms with E-state index in [1.807, 2.05) is 13.1 Å². The summed E-state index contributed by atoms with van der Waals surface area (Å²) in [5.41, 5.74) is 2.28. The highest BCUT2D eigenvalue weighted by molar-refractivity contribution is 5.98. The van der Waals surface area contributed by atoms with E-state index in [0.29, 0.717) is 12.1 Å². The number of esters is 1. The first-order chi connectivity index (χ1) is 8.61. The Labute approximate surface area is 106 Å². The number of nitrogens with zero attached hydrogens (tertiary/aromatic N) is 1. The fourth-order valence-corrected chi connectivity index (χ4v) is 2.20. The fraction of sp³-hybridized carbons (Fsp3) is 0.357. The van der Waals surface area contributed by atoms with Gasteiger partial charge in [-0.2, -0.15) is 0 Å². The van der Waals surface area contributed by atoms with Crippen molar-refractivity contribution in [2.45, 2.75) is 6.42 Å². The highest BCUT2D eigenvalue weighted by Gasteiger charge is 2.23. The minimum atomic E-state index is -0.333. The molecule has 0 amide bonds. The lowest BCUT2D eigenvalue weighted by Gasteiger charge is -2.26. The summed E-state index contributed by atoms with van der Waals surface area (Å²) in [6, 6.07) is 6.35. The van der Waals surface area contributed by atoms with E-state index < -0.39 is 0 Å². The van der Waals surface area contributed by atoms with Gasteiger partial charge in [-0.1, -0.05) is 12.1 Å². The molecule has 0 bridgehead atoms. The predicted molar refractivity (Wildman–Crippen MR) is 67.5 cm³/mol. The first-order valence-electron chi connectivity index (χ1n) is 5.86. The van der Waals surface area contributed by atoms with E-state index in [4.69, 9.17) is 4.74 Å². The fourth-order valence-electron chi connectivity index (χ4n) is 2.20. The third-order valence-electron chi connectivity index (χ3n) is 3.14. The Kier molecular flexibility index (Phi) is 3.77. The highest BCUT2D eigenvalue weighted by atomic mass is 19.1. The largest absolute Gasteiger partial charge is 0.466 e. The number of rotatable bonds is 2. The van der Waals surface area contributed by atoms with Gasteiger partial charge in [-0.15, -0.1) is 0 Å². The van der Waals surface area contributed by atoms with Crippen LogP contribution in [0, 0.1) is 5.82 Å². The quantitative estimate of drug-likeness (QED) is 0.752. The summed E-state index contributed by atoms with van der Waals surface area (Å²) in [6.45, 7) is 1.39. The molecule has 18 heavy (non-hydrogen) atoms. The van der Waals surface area contributed by atoms with Gasteiger partial charge in [0, 0.05) is 13.1 Å². The van der Waals surface area contributed by atoms with E-state index in [9.17, 15) is 9.18 Å². The zero-order valence-electron chi connectivity index (χ0n) is 10.6. The molecule has 0 radical (unpaired) electrons. The summed E-state index contributed by atoms with van der Waals surface area (Å²) in [7, 11) is 3.32. The van der Waals surface area contributed by atoms with Crippen LogP contribution in [0.15, 0.2) is 29.8 Å². The van der Waals surface area contributed by atoms with Gasteiger partial charge in [0.15, 0.2) is 0 Å². The maximum atomic E-state index is 13.3. The van der Waals surface area contributed by atoms with Gasteiger partial charge in [0.1, 0.15) is 5.82 Å². The summed E-state index contributed by atoms with van der Waals surface area (Å²) < 4.78 is 18.1. The molecule has 3 nitrogen and oxygen atoms in total. The van der Waals surface area contributed by atoms with Crippen molar-refractivity contribution in [1.82, 2.24) is 4.90 Å². The van der Waals surface area contributed by atoms with Crippen molar-refractivity contribution in [3.63, 3.8) is 0 Å². The minimum absolute atomic E-state index is 0.289. The number of hydrogen-bond donors (Lipinski definition) is 0. The van der Waals surface area contributed by atoms with Crippen molar-refractivity contribution >= 4 is 11.5 Å². The molecule has 1 aromatic carbocycles. The Balaban J connectivity index is 2.46. The molecule has 2 rings (SSSR count). The van der Waals surface area contributed by atoms with Crippen molar-refractivity contribution in [3.05, 3.63) is 41.2 Å². The maximum Gasteiger partial charge on any atom is 0.335 e. The van der Waals surface area contributed by atoms with E-state index in [1.54, 1.807) is 6.07 Å². The first kappa shape index (κ1) is 12.8. The van der Waals surface area contributed by atoms with Crippen LogP contribution in [-0.4, -0.2) is 38.1 Å². The minimum Gasteiger partial charge on any atom is -0.466 e. The molecule has 0 spiro atoms. The normalized spacial score (nSPS) is 16.8. The van der Waals surface area contributed by atoms with Crippen molar-refractivity contribution in [3.8, 4) is 0 Å². The molecule has 4 heteroatoms. The van der Waals surface area contributed by atoms with Gasteiger partial charge in [-0.3, -0.25) is 0 Å². The maximum absolute atomic E-state index is 13.3. The summed E-state index contributed by atoms with van der Waals surface area (Å²) in [6.07, 6.45) is 0.727. The average molecular weight is 249 g/mol. The third-order valence-corrected chi connectivity index (χ3v) is 3.14. The standard InChI is InChI=1S/C14H16FNO2/c1-16-7-6-12(13(9-16)14(17)18-2)10-4-3-5-11(15)8-10/h3-5,8H,6-7,9H2,1-2H3. The Morgan fingerprint density at radius 2 is 2.22 bits per heavy atom. The summed E-state index contributed by atoms with van der Waals surface area (Å²) in [4.78, 5) is 13.8. The highest BCUT2D eigenvalue weighted by Crippen LogP contribution is 2.28. The molecule has 1 heterocycles. The molecule has 1 aliphatic rings. The Bertz CT molecular complexity index is 496. The summed E-state index contributed by atoms with van der Waals surface area (Å²) in [5.74, 6) is -0.621. The average Bonchev–Trinajstić information content (AvgIpc) is 2.37. The zero-order valence-corrected chi connectivity index (χ0v) is 10.6. The third kappa shape index (κ3) is 2.59. The SMILES string of the molecule is COC(=O)C1=C(c2cccc(F)c2)CCN(C)C1. The number of halogens is 1. The second-order valence-electron chi connectivity index (χ2n) is 4.45. The number of likely N-dealkylation sites (N-methyl/N-ethyl adjacent to an activating group) is 1. The first-order valence-corrected chi connectivity index (χ1v) is 5.86. The molecular weight excluding hydrogens is 233 g/mol. The number of hydrogen-bond acceptors (Lipinski definition) is 3. The van der Waals surface area contributed by atoms with Crippen LogP contribution in [-0.2, 0) is 9.53 Å². The molecule has 96 valence electrons. The number of carbonyl (C=O) groups is 1. The van der Waals surface area contributed by atoms with Gasteiger partial charge in [0.05, 0.1) is 12.7 Å². The smallest absolute Gasteiger partial charge is 0.335 e. The number of methoxy groups -OCH3 is 1. The molecule has 0 aliphatic carbocycles. The molecule has 0 aromatic heterocycles. The lowest BCUT2D eigenvalue weighted by atomic mass is 9.93. The topological polar surface area (TPSA) is 29.5 Å². The van der Waals surface area contributed by atoms with E-state index in [2.05, 4.69) is 4.90 Å². The van der Waals surface area contributed by atoms with Gasteiger partial charge >= 0.3 is 5.97 Å². The lowest BCUT2D eigenvalue weighted by Crippen LogP contribution is -2.31.